The Labute approximate surface area is 291 Å². The second-order valence-corrected chi connectivity index (χ2v) is 14.6. The van der Waals surface area contributed by atoms with Crippen LogP contribution in [0.25, 0.3) is 0 Å². The van der Waals surface area contributed by atoms with Crippen molar-refractivity contribution in [2.24, 2.45) is 17.8 Å². The monoisotopic (exact) mass is 786 g/mol. The van der Waals surface area contributed by atoms with Crippen molar-refractivity contribution < 1.29 is 29.0 Å². The highest BCUT2D eigenvalue weighted by Crippen LogP contribution is 2.66. The van der Waals surface area contributed by atoms with Crippen LogP contribution in [-0.2, 0) is 25.8 Å². The van der Waals surface area contributed by atoms with Crippen molar-refractivity contribution in [3.8, 4) is 11.5 Å². The van der Waals surface area contributed by atoms with E-state index in [-0.39, 0.29) is 42.1 Å². The van der Waals surface area contributed by atoms with Crippen LogP contribution >= 0.6 is 55.1 Å². The zero-order valence-electron chi connectivity index (χ0n) is 24.0. The number of allylic oxidation sites excluding steroid dienone is 2. The molecule has 4 aliphatic rings. The molecule has 6 atom stereocenters. The highest BCUT2D eigenvalue weighted by atomic mass is 79.9. The van der Waals surface area contributed by atoms with Crippen LogP contribution in [0.4, 0.5) is 5.69 Å². The van der Waals surface area contributed by atoms with Gasteiger partial charge in [0.05, 0.1) is 23.0 Å². The van der Waals surface area contributed by atoms with E-state index in [4.69, 9.17) is 27.9 Å². The standard InChI is InChI=1S/C34H26Br2Cl2N2O6/c35-17-39-31(44)33(37)15-25-22(12-13-24-27(25)30(43)40(29(24)42)20-8-6-19(36)7-9-20)28(34(33,38)32(39)45)23-11-10-21(14-26(23)41)46-16-18-4-2-1-3-5-18/h1-12,14,24-25,27-28,41H,13,15-17H2. The van der Waals surface area contributed by atoms with E-state index in [1.807, 2.05) is 36.4 Å². The fraction of sp³-hybridized carbons (Fsp3) is 0.294. The largest absolute Gasteiger partial charge is 0.508 e. The van der Waals surface area contributed by atoms with Crippen LogP contribution in [0.5, 0.6) is 11.5 Å². The number of anilines is 1. The second-order valence-electron chi connectivity index (χ2n) is 12.0. The molecule has 3 fully saturated rings. The number of carbonyl (C=O) groups excluding carboxylic acids is 4. The van der Waals surface area contributed by atoms with Crippen molar-refractivity contribution in [3.63, 3.8) is 0 Å². The smallest absolute Gasteiger partial charge is 0.254 e. The lowest BCUT2D eigenvalue weighted by Crippen LogP contribution is -2.60. The van der Waals surface area contributed by atoms with Crippen molar-refractivity contribution in [1.82, 2.24) is 4.90 Å². The summed E-state index contributed by atoms with van der Waals surface area (Å²) in [6.45, 7) is 0.266. The quantitative estimate of drug-likeness (QED) is 0.130. The number of amides is 4. The van der Waals surface area contributed by atoms with E-state index in [1.165, 1.54) is 11.0 Å². The number of phenolic OH excluding ortho intramolecular Hbond substituents is 1. The molecule has 12 heteroatoms. The van der Waals surface area contributed by atoms with Gasteiger partial charge < -0.3 is 9.84 Å². The number of phenols is 1. The van der Waals surface area contributed by atoms with Crippen LogP contribution in [0.15, 0.2) is 88.9 Å². The Morgan fingerprint density at radius 2 is 1.63 bits per heavy atom. The number of ether oxygens (including phenoxy) is 1. The fourth-order valence-corrected chi connectivity index (χ4v) is 9.22. The van der Waals surface area contributed by atoms with Crippen molar-refractivity contribution in [1.29, 1.82) is 0 Å². The number of rotatable bonds is 6. The Balaban J connectivity index is 1.31. The third-order valence-corrected chi connectivity index (χ3v) is 12.1. The third kappa shape index (κ3) is 4.51. The first-order valence-corrected chi connectivity index (χ1v) is 17.3. The molecule has 3 aromatic rings. The van der Waals surface area contributed by atoms with E-state index < -0.39 is 51.1 Å². The number of carbonyl (C=O) groups is 4. The Kier molecular flexibility index (Phi) is 7.86. The molecule has 2 aliphatic heterocycles. The van der Waals surface area contributed by atoms with Crippen molar-refractivity contribution in [3.05, 3.63) is 100 Å². The van der Waals surface area contributed by atoms with Gasteiger partial charge in [0, 0.05) is 22.0 Å². The van der Waals surface area contributed by atoms with Gasteiger partial charge in [-0.1, -0.05) is 79.9 Å². The van der Waals surface area contributed by atoms with Gasteiger partial charge in [0.15, 0.2) is 9.75 Å². The van der Waals surface area contributed by atoms with E-state index in [0.717, 1.165) is 14.9 Å². The van der Waals surface area contributed by atoms with Gasteiger partial charge in [-0.15, -0.1) is 23.2 Å². The maximum Gasteiger partial charge on any atom is 0.254 e. The molecule has 0 radical (unpaired) electrons. The number of halogens is 4. The van der Waals surface area contributed by atoms with Gasteiger partial charge in [-0.2, -0.15) is 0 Å². The highest BCUT2D eigenvalue weighted by molar-refractivity contribution is 9.10. The summed E-state index contributed by atoms with van der Waals surface area (Å²) in [5.74, 6) is -5.28. The number of fused-ring (bicyclic) bond motifs is 4. The zero-order valence-corrected chi connectivity index (χ0v) is 28.7. The molecule has 46 heavy (non-hydrogen) atoms. The van der Waals surface area contributed by atoms with Gasteiger partial charge in [0.2, 0.25) is 11.8 Å². The third-order valence-electron chi connectivity index (χ3n) is 9.66. The lowest BCUT2D eigenvalue weighted by molar-refractivity contribution is -0.138. The Morgan fingerprint density at radius 1 is 0.913 bits per heavy atom. The minimum absolute atomic E-state index is 0.136. The second kappa shape index (κ2) is 11.5. The number of nitrogens with zero attached hydrogens (tertiary/aromatic N) is 2. The molecule has 6 unspecified atom stereocenters. The molecular formula is C34H26Br2Cl2N2O6. The molecule has 7 rings (SSSR count). The highest BCUT2D eigenvalue weighted by Gasteiger charge is 2.76. The summed E-state index contributed by atoms with van der Waals surface area (Å²) >= 11 is 21.2. The van der Waals surface area contributed by atoms with Crippen LogP contribution in [-0.4, -0.2) is 48.8 Å². The number of benzene rings is 3. The average Bonchev–Trinajstić information content (AvgIpc) is 3.39. The summed E-state index contributed by atoms with van der Waals surface area (Å²) < 4.78 is 6.71. The van der Waals surface area contributed by atoms with Crippen LogP contribution < -0.4 is 9.64 Å². The molecule has 0 aromatic heterocycles. The summed E-state index contributed by atoms with van der Waals surface area (Å²) in [5, 5.41) is 11.5. The number of imide groups is 2. The van der Waals surface area contributed by atoms with E-state index in [1.54, 1.807) is 36.4 Å². The molecule has 0 spiro atoms. The normalized spacial score (nSPS) is 30.2. The molecule has 3 aromatic carbocycles. The molecule has 8 nitrogen and oxygen atoms in total. The fourth-order valence-electron chi connectivity index (χ4n) is 7.54. The summed E-state index contributed by atoms with van der Waals surface area (Å²) in [6.07, 6.45) is 1.92. The molecule has 236 valence electrons. The first-order valence-electron chi connectivity index (χ1n) is 14.6. The van der Waals surface area contributed by atoms with Gasteiger partial charge in [0.25, 0.3) is 11.8 Å². The van der Waals surface area contributed by atoms with E-state index in [0.29, 0.717) is 17.0 Å². The lowest BCUT2D eigenvalue weighted by Gasteiger charge is -2.50. The molecular weight excluding hydrogens is 763 g/mol. The van der Waals surface area contributed by atoms with Gasteiger partial charge >= 0.3 is 0 Å². The molecule has 2 heterocycles. The number of hydrogen-bond donors (Lipinski definition) is 1. The molecule has 0 bridgehead atoms. The number of hydrogen-bond acceptors (Lipinski definition) is 6. The van der Waals surface area contributed by atoms with Gasteiger partial charge in [-0.05, 0) is 54.7 Å². The maximum atomic E-state index is 14.1. The van der Waals surface area contributed by atoms with E-state index in [2.05, 4.69) is 31.9 Å². The molecule has 4 amide bonds. The average molecular weight is 789 g/mol. The SMILES string of the molecule is O=C1C2CC=C3C(CC4(Cl)C(=O)N(CBr)C(=O)C4(Cl)C3c3ccc(OCc4ccccc4)cc3O)C2C(=O)N1c1ccc(Br)cc1. The van der Waals surface area contributed by atoms with Gasteiger partial charge in [-0.3, -0.25) is 29.0 Å². The minimum atomic E-state index is -2.02. The summed E-state index contributed by atoms with van der Waals surface area (Å²) in [4.78, 5) is 53.9. The van der Waals surface area contributed by atoms with Crippen molar-refractivity contribution in [2.45, 2.75) is 35.1 Å². The summed E-state index contributed by atoms with van der Waals surface area (Å²) in [7, 11) is 0. The van der Waals surface area contributed by atoms with Crippen LogP contribution in [0.3, 0.4) is 0 Å². The Hall–Kier alpha value is -3.18. The van der Waals surface area contributed by atoms with E-state index in [9.17, 15) is 24.3 Å². The number of likely N-dealkylation sites (tertiary alicyclic amines) is 1. The molecule has 2 saturated heterocycles. The van der Waals surface area contributed by atoms with Gasteiger partial charge in [-0.25, -0.2) is 0 Å². The van der Waals surface area contributed by atoms with Crippen LogP contribution in [0.1, 0.15) is 29.9 Å². The topological polar surface area (TPSA) is 104 Å². The molecule has 2 aliphatic carbocycles. The zero-order chi connectivity index (χ0) is 32.5. The lowest BCUT2D eigenvalue weighted by atomic mass is 9.56. The predicted molar refractivity (Wildman–Crippen MR) is 179 cm³/mol. The van der Waals surface area contributed by atoms with Crippen molar-refractivity contribution in [2.75, 3.05) is 10.4 Å². The van der Waals surface area contributed by atoms with Crippen LogP contribution in [0, 0.1) is 17.8 Å². The Morgan fingerprint density at radius 3 is 2.30 bits per heavy atom. The summed E-state index contributed by atoms with van der Waals surface area (Å²) in [5.41, 5.74) is 2.10. The predicted octanol–water partition coefficient (Wildman–Crippen LogP) is 6.65. The first-order chi connectivity index (χ1) is 22.0. The number of alkyl halides is 3. The Bertz CT molecular complexity index is 1820. The van der Waals surface area contributed by atoms with E-state index >= 15 is 0 Å². The van der Waals surface area contributed by atoms with Gasteiger partial charge in [0.1, 0.15) is 18.1 Å². The van der Waals surface area contributed by atoms with Crippen molar-refractivity contribution >= 4 is 84.4 Å². The minimum Gasteiger partial charge on any atom is -0.508 e. The van der Waals surface area contributed by atoms with Crippen LogP contribution in [0.2, 0.25) is 0 Å². The summed E-state index contributed by atoms with van der Waals surface area (Å²) in [6, 6.07) is 21.1. The molecule has 1 N–H and O–H groups in total. The number of aromatic hydroxyl groups is 1. The first kappa shape index (κ1) is 31.4. The molecule has 1 saturated carbocycles. The maximum absolute atomic E-state index is 14.1.